The Bertz CT molecular complexity index is 519. The van der Waals surface area contributed by atoms with Crippen LogP contribution >= 0.6 is 11.3 Å². The molecule has 1 amide bonds. The molecule has 0 aromatic carbocycles. The second-order valence-electron chi connectivity index (χ2n) is 6.48. The fourth-order valence-electron chi connectivity index (χ4n) is 2.64. The molecule has 6 heteroatoms. The Morgan fingerprint density at radius 1 is 1.40 bits per heavy atom. The zero-order valence-corrected chi connectivity index (χ0v) is 12.9. The maximum Gasteiger partial charge on any atom is 0.265 e. The monoisotopic (exact) mass is 294 g/mol. The Labute approximate surface area is 123 Å². The highest BCUT2D eigenvalue weighted by atomic mass is 32.1. The van der Waals surface area contributed by atoms with E-state index in [1.165, 1.54) is 30.6 Å². The lowest BCUT2D eigenvalue weighted by atomic mass is 10.1. The Hall–Kier alpha value is -1.30. The predicted molar refractivity (Wildman–Crippen MR) is 82.2 cm³/mol. The summed E-state index contributed by atoms with van der Waals surface area (Å²) in [4.78, 5) is 19.4. The van der Waals surface area contributed by atoms with Gasteiger partial charge in [0, 0.05) is 19.1 Å². The molecule has 3 N–H and O–H groups in total. The summed E-state index contributed by atoms with van der Waals surface area (Å²) in [6.45, 7) is 6.35. The third-order valence-electron chi connectivity index (χ3n) is 4.29. The Morgan fingerprint density at radius 3 is 2.65 bits per heavy atom. The Morgan fingerprint density at radius 2 is 2.05 bits per heavy atom. The summed E-state index contributed by atoms with van der Waals surface area (Å²) in [5.74, 6) is 0.297. The van der Waals surface area contributed by atoms with E-state index in [1.54, 1.807) is 0 Å². The summed E-state index contributed by atoms with van der Waals surface area (Å²) in [5.41, 5.74) is 6.15. The fraction of sp³-hybridized carbons (Fsp3) is 0.714. The summed E-state index contributed by atoms with van der Waals surface area (Å²) in [6.07, 6.45) is 4.70. The Balaban J connectivity index is 1.70. The molecule has 1 aliphatic carbocycles. The van der Waals surface area contributed by atoms with E-state index >= 15 is 0 Å². The molecular formula is C14H22N4OS. The molecule has 20 heavy (non-hydrogen) atoms. The highest BCUT2D eigenvalue weighted by molar-refractivity contribution is 7.18. The quantitative estimate of drug-likeness (QED) is 0.897. The lowest BCUT2D eigenvalue weighted by molar-refractivity contribution is 0.0951. The van der Waals surface area contributed by atoms with Crippen LogP contribution in [0.15, 0.2) is 0 Å². The van der Waals surface area contributed by atoms with Crippen molar-refractivity contribution in [3.8, 4) is 0 Å². The molecule has 1 aromatic rings. The van der Waals surface area contributed by atoms with E-state index in [0.29, 0.717) is 10.7 Å². The summed E-state index contributed by atoms with van der Waals surface area (Å²) < 4.78 is 0. The molecule has 2 aliphatic rings. The van der Waals surface area contributed by atoms with Crippen LogP contribution in [-0.4, -0.2) is 30.0 Å². The molecule has 5 nitrogen and oxygen atoms in total. The molecule has 0 spiro atoms. The lowest BCUT2D eigenvalue weighted by Crippen LogP contribution is -2.29. The summed E-state index contributed by atoms with van der Waals surface area (Å²) >= 11 is 1.42. The highest BCUT2D eigenvalue weighted by Gasteiger charge is 2.46. The van der Waals surface area contributed by atoms with Gasteiger partial charge in [-0.15, -0.1) is 0 Å². The van der Waals surface area contributed by atoms with Gasteiger partial charge >= 0.3 is 0 Å². The van der Waals surface area contributed by atoms with Crippen LogP contribution in [0, 0.1) is 5.41 Å². The van der Waals surface area contributed by atoms with Crippen molar-refractivity contribution in [3.05, 3.63) is 4.88 Å². The average Bonchev–Trinajstić information content (AvgIpc) is 2.84. The first-order chi connectivity index (χ1) is 9.47. The molecule has 3 rings (SSSR count). The number of carbonyl (C=O) groups excluding carboxylic acids is 1. The van der Waals surface area contributed by atoms with E-state index in [2.05, 4.69) is 29.0 Å². The number of nitrogen functional groups attached to an aromatic ring is 1. The molecular weight excluding hydrogens is 272 g/mol. The van der Waals surface area contributed by atoms with Gasteiger partial charge in [-0.1, -0.05) is 25.2 Å². The number of rotatable bonds is 3. The number of anilines is 2. The van der Waals surface area contributed by atoms with E-state index in [4.69, 9.17) is 5.73 Å². The van der Waals surface area contributed by atoms with Crippen molar-refractivity contribution in [2.45, 2.75) is 45.6 Å². The number of carbonyl (C=O) groups is 1. The van der Waals surface area contributed by atoms with Crippen LogP contribution in [-0.2, 0) is 0 Å². The van der Waals surface area contributed by atoms with Crippen LogP contribution in [0.3, 0.4) is 0 Å². The van der Waals surface area contributed by atoms with Crippen LogP contribution in [0.25, 0.3) is 0 Å². The number of hydrogen-bond donors (Lipinski definition) is 2. The SMILES string of the molecule is CC1(C)CC1NC(=O)c1sc(N2CCCCC2)nc1N. The van der Waals surface area contributed by atoms with Gasteiger partial charge in [-0.3, -0.25) is 4.79 Å². The minimum Gasteiger partial charge on any atom is -0.382 e. The lowest BCUT2D eigenvalue weighted by Gasteiger charge is -2.25. The maximum absolute atomic E-state index is 12.3. The molecule has 110 valence electrons. The third kappa shape index (κ3) is 2.61. The van der Waals surface area contributed by atoms with E-state index in [9.17, 15) is 4.79 Å². The second kappa shape index (κ2) is 4.91. The van der Waals surface area contributed by atoms with Gasteiger partial charge in [0.1, 0.15) is 10.7 Å². The van der Waals surface area contributed by atoms with Gasteiger partial charge in [-0.25, -0.2) is 4.98 Å². The van der Waals surface area contributed by atoms with Crippen LogP contribution in [0.4, 0.5) is 10.9 Å². The van der Waals surface area contributed by atoms with Crippen LogP contribution < -0.4 is 16.0 Å². The second-order valence-corrected chi connectivity index (χ2v) is 7.45. The minimum absolute atomic E-state index is 0.0705. The van der Waals surface area contributed by atoms with Crippen molar-refractivity contribution in [2.24, 2.45) is 5.41 Å². The molecule has 1 saturated heterocycles. The molecule has 1 saturated carbocycles. The average molecular weight is 294 g/mol. The minimum atomic E-state index is -0.0705. The standard InChI is InChI=1S/C14H22N4OS/c1-14(2)8-9(14)16-12(19)10-11(15)17-13(20-10)18-6-4-3-5-7-18/h9H,3-8,15H2,1-2H3,(H,16,19). The predicted octanol–water partition coefficient (Wildman–Crippen LogP) is 2.24. The molecule has 0 radical (unpaired) electrons. The number of nitrogens with two attached hydrogens (primary N) is 1. The molecule has 2 fully saturated rings. The first-order valence-electron chi connectivity index (χ1n) is 7.29. The third-order valence-corrected chi connectivity index (χ3v) is 5.42. The van der Waals surface area contributed by atoms with Gasteiger partial charge < -0.3 is 16.0 Å². The number of nitrogens with zero attached hydrogens (tertiary/aromatic N) is 2. The summed E-state index contributed by atoms with van der Waals surface area (Å²) in [6, 6.07) is 0.273. The van der Waals surface area contributed by atoms with Crippen molar-refractivity contribution >= 4 is 28.2 Å². The largest absolute Gasteiger partial charge is 0.382 e. The zero-order valence-electron chi connectivity index (χ0n) is 12.1. The van der Waals surface area contributed by atoms with Crippen molar-refractivity contribution in [2.75, 3.05) is 23.7 Å². The highest BCUT2D eigenvalue weighted by Crippen LogP contribution is 2.45. The van der Waals surface area contributed by atoms with Crippen molar-refractivity contribution in [1.29, 1.82) is 0 Å². The van der Waals surface area contributed by atoms with Gasteiger partial charge in [-0.2, -0.15) is 0 Å². The normalized spacial score (nSPS) is 24.5. The number of amides is 1. The maximum atomic E-state index is 12.3. The van der Waals surface area contributed by atoms with E-state index in [0.717, 1.165) is 24.6 Å². The summed E-state index contributed by atoms with van der Waals surface area (Å²) in [5, 5.41) is 3.94. The molecule has 2 heterocycles. The molecule has 0 bridgehead atoms. The van der Waals surface area contributed by atoms with E-state index in [1.807, 2.05) is 0 Å². The molecule has 1 atom stereocenters. The van der Waals surface area contributed by atoms with Crippen molar-refractivity contribution in [3.63, 3.8) is 0 Å². The van der Waals surface area contributed by atoms with Crippen LogP contribution in [0.1, 0.15) is 49.2 Å². The summed E-state index contributed by atoms with van der Waals surface area (Å²) in [7, 11) is 0. The number of nitrogens with one attached hydrogen (secondary N) is 1. The first-order valence-corrected chi connectivity index (χ1v) is 8.11. The van der Waals surface area contributed by atoms with Crippen molar-refractivity contribution < 1.29 is 4.79 Å². The van der Waals surface area contributed by atoms with Crippen LogP contribution in [0.5, 0.6) is 0 Å². The van der Waals surface area contributed by atoms with Gasteiger partial charge in [-0.05, 0) is 31.1 Å². The smallest absolute Gasteiger partial charge is 0.265 e. The molecule has 1 aliphatic heterocycles. The topological polar surface area (TPSA) is 71.2 Å². The number of hydrogen-bond acceptors (Lipinski definition) is 5. The molecule has 1 unspecified atom stereocenters. The number of aromatic nitrogens is 1. The van der Waals surface area contributed by atoms with Gasteiger partial charge in [0.15, 0.2) is 5.13 Å². The van der Waals surface area contributed by atoms with E-state index in [-0.39, 0.29) is 17.4 Å². The first kappa shape index (κ1) is 13.7. The Kier molecular flexibility index (Phi) is 3.36. The van der Waals surface area contributed by atoms with Crippen molar-refractivity contribution in [1.82, 2.24) is 10.3 Å². The van der Waals surface area contributed by atoms with Gasteiger partial charge in [0.2, 0.25) is 0 Å². The van der Waals surface area contributed by atoms with Crippen LogP contribution in [0.2, 0.25) is 0 Å². The number of thiazole rings is 1. The fourth-order valence-corrected chi connectivity index (χ4v) is 3.58. The van der Waals surface area contributed by atoms with Gasteiger partial charge in [0.05, 0.1) is 0 Å². The zero-order chi connectivity index (χ0) is 14.3. The molecule has 1 aromatic heterocycles. The van der Waals surface area contributed by atoms with E-state index < -0.39 is 0 Å². The number of piperidine rings is 1. The van der Waals surface area contributed by atoms with Gasteiger partial charge in [0.25, 0.3) is 5.91 Å².